The van der Waals surface area contributed by atoms with Gasteiger partial charge in [-0.15, -0.1) is 0 Å². The molecule has 0 unspecified atom stereocenters. The van der Waals surface area contributed by atoms with Crippen molar-refractivity contribution in [3.63, 3.8) is 0 Å². The van der Waals surface area contributed by atoms with Crippen LogP contribution in [0.3, 0.4) is 0 Å². The molecule has 0 fully saturated rings. The standard InChI is InChI=1S/C17H19ClN2O3S/c1-24(22,23)20(16-10-5-7-14(18)13-16)12-6-11-17(21)19-15-8-3-2-4-9-15/h2-5,7-10,13H,6,11-12H2,1H3,(H,19,21). The van der Waals surface area contributed by atoms with Crippen molar-refractivity contribution in [3.8, 4) is 0 Å². The van der Waals surface area contributed by atoms with Crippen LogP contribution in [0.25, 0.3) is 0 Å². The molecule has 2 rings (SSSR count). The molecule has 5 nitrogen and oxygen atoms in total. The van der Waals surface area contributed by atoms with Crippen molar-refractivity contribution in [2.45, 2.75) is 12.8 Å². The normalized spacial score (nSPS) is 11.1. The van der Waals surface area contributed by atoms with Crippen molar-refractivity contribution in [2.75, 3.05) is 22.4 Å². The van der Waals surface area contributed by atoms with E-state index in [1.807, 2.05) is 18.2 Å². The molecule has 0 heterocycles. The van der Waals surface area contributed by atoms with Gasteiger partial charge in [-0.2, -0.15) is 0 Å². The molecule has 0 bridgehead atoms. The lowest BCUT2D eigenvalue weighted by molar-refractivity contribution is -0.116. The summed E-state index contributed by atoms with van der Waals surface area (Å²) in [6.45, 7) is 0.210. The van der Waals surface area contributed by atoms with E-state index in [1.165, 1.54) is 4.31 Å². The largest absolute Gasteiger partial charge is 0.326 e. The third kappa shape index (κ3) is 5.54. The van der Waals surface area contributed by atoms with Gasteiger partial charge in [-0.1, -0.05) is 35.9 Å². The molecule has 2 aromatic carbocycles. The van der Waals surface area contributed by atoms with Crippen LogP contribution in [0, 0.1) is 0 Å². The minimum absolute atomic E-state index is 0.152. The molecular formula is C17H19ClN2O3S. The molecule has 24 heavy (non-hydrogen) atoms. The average Bonchev–Trinajstić information content (AvgIpc) is 2.51. The van der Waals surface area contributed by atoms with E-state index in [2.05, 4.69) is 5.32 Å². The molecule has 0 atom stereocenters. The Kier molecular flexibility index (Phi) is 6.23. The number of halogens is 1. The van der Waals surface area contributed by atoms with E-state index in [0.29, 0.717) is 17.1 Å². The number of amides is 1. The van der Waals surface area contributed by atoms with Gasteiger partial charge in [0.25, 0.3) is 0 Å². The number of nitrogens with one attached hydrogen (secondary N) is 1. The first-order valence-electron chi connectivity index (χ1n) is 7.44. The summed E-state index contributed by atoms with van der Waals surface area (Å²) in [5.74, 6) is -0.152. The lowest BCUT2D eigenvalue weighted by atomic mass is 10.2. The first-order chi connectivity index (χ1) is 11.4. The van der Waals surface area contributed by atoms with E-state index in [4.69, 9.17) is 11.6 Å². The van der Waals surface area contributed by atoms with E-state index in [-0.39, 0.29) is 18.9 Å². The average molecular weight is 367 g/mol. The number of sulfonamides is 1. The maximum atomic E-state index is 12.0. The first kappa shape index (κ1) is 18.3. The SMILES string of the molecule is CS(=O)(=O)N(CCCC(=O)Nc1ccccc1)c1cccc(Cl)c1. The molecular weight excluding hydrogens is 348 g/mol. The highest BCUT2D eigenvalue weighted by Gasteiger charge is 2.17. The third-order valence-electron chi connectivity index (χ3n) is 3.32. The van der Waals surface area contributed by atoms with Crippen LogP contribution in [0.15, 0.2) is 54.6 Å². The van der Waals surface area contributed by atoms with Crippen molar-refractivity contribution < 1.29 is 13.2 Å². The molecule has 0 aliphatic carbocycles. The lowest BCUT2D eigenvalue weighted by Crippen LogP contribution is -2.31. The van der Waals surface area contributed by atoms with Crippen LogP contribution in [-0.4, -0.2) is 27.1 Å². The van der Waals surface area contributed by atoms with Gasteiger partial charge in [0, 0.05) is 23.7 Å². The second kappa shape index (κ2) is 8.17. The van der Waals surface area contributed by atoms with Crippen LogP contribution in [0.1, 0.15) is 12.8 Å². The summed E-state index contributed by atoms with van der Waals surface area (Å²) in [4.78, 5) is 11.9. The molecule has 0 aliphatic rings. The third-order valence-corrected chi connectivity index (χ3v) is 4.75. The number of benzene rings is 2. The smallest absolute Gasteiger partial charge is 0.232 e. The van der Waals surface area contributed by atoms with Gasteiger partial charge in [-0.3, -0.25) is 9.10 Å². The summed E-state index contributed by atoms with van der Waals surface area (Å²) in [6, 6.07) is 15.8. The Bertz CT molecular complexity index is 794. The van der Waals surface area contributed by atoms with Gasteiger partial charge in [0.1, 0.15) is 0 Å². The Hall–Kier alpha value is -2.05. The van der Waals surface area contributed by atoms with E-state index < -0.39 is 10.0 Å². The number of para-hydroxylation sites is 1. The lowest BCUT2D eigenvalue weighted by Gasteiger charge is -2.22. The maximum absolute atomic E-state index is 12.0. The Morgan fingerprint density at radius 1 is 1.12 bits per heavy atom. The Labute approximate surface area is 147 Å². The number of rotatable bonds is 7. The van der Waals surface area contributed by atoms with Crippen LogP contribution < -0.4 is 9.62 Å². The molecule has 7 heteroatoms. The highest BCUT2D eigenvalue weighted by molar-refractivity contribution is 7.92. The van der Waals surface area contributed by atoms with E-state index in [0.717, 1.165) is 11.9 Å². The number of carbonyl (C=O) groups excluding carboxylic acids is 1. The van der Waals surface area contributed by atoms with Crippen molar-refractivity contribution in [2.24, 2.45) is 0 Å². The van der Waals surface area contributed by atoms with E-state index in [9.17, 15) is 13.2 Å². The fourth-order valence-corrected chi connectivity index (χ4v) is 3.39. The number of hydrogen-bond acceptors (Lipinski definition) is 3. The molecule has 0 aliphatic heterocycles. The van der Waals surface area contributed by atoms with Crippen molar-refractivity contribution in [1.29, 1.82) is 0 Å². The highest BCUT2D eigenvalue weighted by atomic mass is 35.5. The maximum Gasteiger partial charge on any atom is 0.232 e. The number of hydrogen-bond donors (Lipinski definition) is 1. The number of anilines is 2. The van der Waals surface area contributed by atoms with Gasteiger partial charge in [0.2, 0.25) is 15.9 Å². The topological polar surface area (TPSA) is 66.5 Å². The van der Waals surface area contributed by atoms with Gasteiger partial charge in [-0.05, 0) is 36.8 Å². The molecule has 1 N–H and O–H groups in total. The molecule has 0 aromatic heterocycles. The van der Waals surface area contributed by atoms with Gasteiger partial charge in [-0.25, -0.2) is 8.42 Å². The Morgan fingerprint density at radius 3 is 2.46 bits per heavy atom. The molecule has 0 spiro atoms. The predicted molar refractivity (Wildman–Crippen MR) is 97.9 cm³/mol. The van der Waals surface area contributed by atoms with Crippen molar-refractivity contribution >= 4 is 38.9 Å². The van der Waals surface area contributed by atoms with Crippen LogP contribution in [0.5, 0.6) is 0 Å². The predicted octanol–water partition coefficient (Wildman–Crippen LogP) is 3.52. The van der Waals surface area contributed by atoms with E-state index in [1.54, 1.807) is 36.4 Å². The second-order valence-corrected chi connectivity index (χ2v) is 7.68. The zero-order chi connectivity index (χ0) is 17.6. The van der Waals surface area contributed by atoms with Crippen LogP contribution >= 0.6 is 11.6 Å². The summed E-state index contributed by atoms with van der Waals surface area (Å²) in [5, 5.41) is 3.24. The van der Waals surface area contributed by atoms with Gasteiger partial charge in [0.15, 0.2) is 0 Å². The zero-order valence-electron chi connectivity index (χ0n) is 13.3. The number of nitrogens with zero attached hydrogens (tertiary/aromatic N) is 1. The minimum atomic E-state index is -3.45. The second-order valence-electron chi connectivity index (χ2n) is 5.33. The molecule has 1 amide bonds. The Morgan fingerprint density at radius 2 is 1.83 bits per heavy atom. The molecule has 2 aromatic rings. The molecule has 0 radical (unpaired) electrons. The van der Waals surface area contributed by atoms with Crippen LogP contribution in [0.4, 0.5) is 11.4 Å². The summed E-state index contributed by atoms with van der Waals surface area (Å²) in [7, 11) is -3.45. The molecule has 0 saturated heterocycles. The summed E-state index contributed by atoms with van der Waals surface area (Å²) < 4.78 is 25.2. The van der Waals surface area contributed by atoms with Gasteiger partial charge < -0.3 is 5.32 Å². The quantitative estimate of drug-likeness (QED) is 0.815. The van der Waals surface area contributed by atoms with Crippen molar-refractivity contribution in [1.82, 2.24) is 0 Å². The monoisotopic (exact) mass is 366 g/mol. The van der Waals surface area contributed by atoms with Gasteiger partial charge >= 0.3 is 0 Å². The van der Waals surface area contributed by atoms with Crippen LogP contribution in [-0.2, 0) is 14.8 Å². The summed E-state index contributed by atoms with van der Waals surface area (Å²) in [5.41, 5.74) is 1.21. The van der Waals surface area contributed by atoms with Gasteiger partial charge in [0.05, 0.1) is 11.9 Å². The summed E-state index contributed by atoms with van der Waals surface area (Å²) >= 11 is 5.93. The zero-order valence-corrected chi connectivity index (χ0v) is 14.8. The minimum Gasteiger partial charge on any atom is -0.326 e. The molecule has 0 saturated carbocycles. The molecule has 128 valence electrons. The number of carbonyl (C=O) groups is 1. The fraction of sp³-hybridized carbons (Fsp3) is 0.235. The van der Waals surface area contributed by atoms with E-state index >= 15 is 0 Å². The Balaban J connectivity index is 1.95. The highest BCUT2D eigenvalue weighted by Crippen LogP contribution is 2.22. The first-order valence-corrected chi connectivity index (χ1v) is 9.67. The summed E-state index contributed by atoms with van der Waals surface area (Å²) in [6.07, 6.45) is 1.76. The van der Waals surface area contributed by atoms with Crippen LogP contribution in [0.2, 0.25) is 5.02 Å². The van der Waals surface area contributed by atoms with Crippen molar-refractivity contribution in [3.05, 3.63) is 59.6 Å². The fourth-order valence-electron chi connectivity index (χ4n) is 2.25.